The third-order valence-corrected chi connectivity index (χ3v) is 9.20. The normalized spacial score (nSPS) is 22.8. The number of nitrogens with zero attached hydrogens (tertiary/aromatic N) is 2. The summed E-state index contributed by atoms with van der Waals surface area (Å²) < 4.78 is 59.1. The number of nitro groups is 1. The highest BCUT2D eigenvalue weighted by atomic mass is 32.2. The van der Waals surface area contributed by atoms with Crippen molar-refractivity contribution in [2.45, 2.75) is 49.1 Å². The maximum atomic E-state index is 14.8. The van der Waals surface area contributed by atoms with Crippen molar-refractivity contribution >= 4 is 26.9 Å². The Hall–Kier alpha value is -1.78. The lowest BCUT2D eigenvalue weighted by molar-refractivity contribution is -0.385. The van der Waals surface area contributed by atoms with Crippen molar-refractivity contribution in [2.24, 2.45) is 0 Å². The minimum Gasteiger partial charge on any atom is -0.598 e. The van der Waals surface area contributed by atoms with Crippen molar-refractivity contribution in [3.8, 4) is 6.07 Å². The standard InChI is InChI=1S/C18H24FN3O6S2/c1-16(2,3)29(25)21-17(4,14-9-13(22(23)24)5-6-15(14)19)12-30(26,27)18(10-20)7-8-28-11-18/h5-6,9,21H,7-8,11-12H2,1-4H3/t17-,18-,29?/m0/s1. The van der Waals surface area contributed by atoms with Gasteiger partial charge >= 0.3 is 0 Å². The van der Waals surface area contributed by atoms with Crippen LogP contribution in [0.4, 0.5) is 10.1 Å². The topological polar surface area (TPSA) is 145 Å². The molecule has 0 amide bonds. The number of nitrogens with one attached hydrogen (secondary N) is 1. The third-order valence-electron chi connectivity index (χ3n) is 4.89. The first kappa shape index (κ1) is 24.5. The van der Waals surface area contributed by atoms with E-state index in [1.165, 1.54) is 6.92 Å². The van der Waals surface area contributed by atoms with Crippen LogP contribution in [0.3, 0.4) is 0 Å². The van der Waals surface area contributed by atoms with Crippen molar-refractivity contribution in [3.63, 3.8) is 0 Å². The molecule has 1 heterocycles. The van der Waals surface area contributed by atoms with E-state index in [-0.39, 0.29) is 25.2 Å². The molecule has 0 bridgehead atoms. The van der Waals surface area contributed by atoms with E-state index in [4.69, 9.17) is 4.74 Å². The van der Waals surface area contributed by atoms with E-state index in [9.17, 15) is 32.7 Å². The molecule has 1 saturated heterocycles. The van der Waals surface area contributed by atoms with Gasteiger partial charge in [0.15, 0.2) is 14.6 Å². The molecule has 1 fully saturated rings. The van der Waals surface area contributed by atoms with Gasteiger partial charge in [-0.25, -0.2) is 12.8 Å². The minimum absolute atomic E-state index is 0.0539. The zero-order valence-electron chi connectivity index (χ0n) is 17.1. The molecule has 0 aliphatic carbocycles. The van der Waals surface area contributed by atoms with Crippen LogP contribution in [-0.2, 0) is 31.5 Å². The maximum absolute atomic E-state index is 14.8. The fraction of sp³-hybridized carbons (Fsp3) is 0.611. The van der Waals surface area contributed by atoms with Crippen LogP contribution in [0, 0.1) is 27.3 Å². The Labute approximate surface area is 178 Å². The first-order valence-corrected chi connectivity index (χ1v) is 11.8. The van der Waals surface area contributed by atoms with Gasteiger partial charge in [0.05, 0.1) is 23.4 Å². The average molecular weight is 462 g/mol. The van der Waals surface area contributed by atoms with E-state index in [0.29, 0.717) is 0 Å². The summed E-state index contributed by atoms with van der Waals surface area (Å²) in [7, 11) is -4.24. The molecule has 1 aromatic rings. The smallest absolute Gasteiger partial charge is 0.269 e. The molecule has 9 nitrogen and oxygen atoms in total. The number of halogens is 1. The van der Waals surface area contributed by atoms with Crippen LogP contribution in [0.25, 0.3) is 0 Å². The molecule has 3 atom stereocenters. The van der Waals surface area contributed by atoms with Crippen LogP contribution >= 0.6 is 0 Å². The summed E-state index contributed by atoms with van der Waals surface area (Å²) in [6, 6.07) is 4.53. The summed E-state index contributed by atoms with van der Waals surface area (Å²) in [4.78, 5) is 10.5. The third kappa shape index (κ3) is 4.76. The van der Waals surface area contributed by atoms with Gasteiger partial charge in [-0.15, -0.1) is 4.72 Å². The van der Waals surface area contributed by atoms with Gasteiger partial charge in [0.25, 0.3) is 5.69 Å². The van der Waals surface area contributed by atoms with Gasteiger partial charge in [0.1, 0.15) is 16.1 Å². The number of nitro benzene ring substituents is 1. The molecular weight excluding hydrogens is 437 g/mol. The molecule has 0 spiro atoms. The maximum Gasteiger partial charge on any atom is 0.269 e. The van der Waals surface area contributed by atoms with E-state index >= 15 is 0 Å². The van der Waals surface area contributed by atoms with E-state index in [1.807, 2.05) is 0 Å². The summed E-state index contributed by atoms with van der Waals surface area (Å²) >= 11 is -1.85. The Kier molecular flexibility index (Phi) is 6.85. The number of rotatable bonds is 7. The highest BCUT2D eigenvalue weighted by molar-refractivity contribution is 7.93. The van der Waals surface area contributed by atoms with Gasteiger partial charge < -0.3 is 9.29 Å². The van der Waals surface area contributed by atoms with Crippen LogP contribution in [0.2, 0.25) is 0 Å². The van der Waals surface area contributed by atoms with Gasteiger partial charge in [0, 0.05) is 42.1 Å². The largest absolute Gasteiger partial charge is 0.598 e. The van der Waals surface area contributed by atoms with Crippen LogP contribution in [0.15, 0.2) is 18.2 Å². The molecule has 0 saturated carbocycles. The second kappa shape index (κ2) is 8.39. The molecule has 1 N–H and O–H groups in total. The molecule has 0 aromatic heterocycles. The fourth-order valence-corrected chi connectivity index (χ4v) is 6.09. The lowest BCUT2D eigenvalue weighted by Gasteiger charge is -2.36. The lowest BCUT2D eigenvalue weighted by Crippen LogP contribution is -2.56. The number of benzene rings is 1. The van der Waals surface area contributed by atoms with E-state index in [2.05, 4.69) is 4.72 Å². The van der Waals surface area contributed by atoms with Crippen molar-refractivity contribution in [1.82, 2.24) is 4.72 Å². The molecular formula is C18H24FN3O6S2. The molecule has 2 rings (SSSR count). The summed E-state index contributed by atoms with van der Waals surface area (Å²) in [5.74, 6) is -1.71. The number of ether oxygens (including phenoxy) is 1. The first-order chi connectivity index (χ1) is 13.7. The SMILES string of the molecule is CC(C)(C)[S+]([O-])N[C@@](C)(CS(=O)(=O)[C@]1(C#N)CCOC1)c1cc([N+](=O)[O-])ccc1F. The van der Waals surface area contributed by atoms with Crippen LogP contribution < -0.4 is 4.72 Å². The lowest BCUT2D eigenvalue weighted by atomic mass is 9.94. The summed E-state index contributed by atoms with van der Waals surface area (Å²) in [5.41, 5.74) is -2.60. The van der Waals surface area contributed by atoms with E-state index in [0.717, 1.165) is 18.2 Å². The van der Waals surface area contributed by atoms with Gasteiger partial charge in [-0.2, -0.15) is 5.26 Å². The highest BCUT2D eigenvalue weighted by Gasteiger charge is 2.52. The Morgan fingerprint density at radius 3 is 2.50 bits per heavy atom. The second-order valence-electron chi connectivity index (χ2n) is 8.40. The van der Waals surface area contributed by atoms with Gasteiger partial charge in [-0.3, -0.25) is 10.1 Å². The first-order valence-electron chi connectivity index (χ1n) is 9.03. The Balaban J connectivity index is 2.62. The van der Waals surface area contributed by atoms with Crippen molar-refractivity contribution in [1.29, 1.82) is 5.26 Å². The predicted octanol–water partition coefficient (Wildman–Crippen LogP) is 2.10. The van der Waals surface area contributed by atoms with Crippen LogP contribution in [0.1, 0.15) is 39.7 Å². The molecule has 166 valence electrons. The van der Waals surface area contributed by atoms with Gasteiger partial charge in [-0.1, -0.05) is 0 Å². The number of non-ortho nitro benzene ring substituents is 1. The van der Waals surface area contributed by atoms with Crippen LogP contribution in [0.5, 0.6) is 0 Å². The minimum atomic E-state index is -4.24. The zero-order chi connectivity index (χ0) is 23.0. The van der Waals surface area contributed by atoms with Crippen molar-refractivity contribution in [2.75, 3.05) is 19.0 Å². The predicted molar refractivity (Wildman–Crippen MR) is 109 cm³/mol. The summed E-state index contributed by atoms with van der Waals surface area (Å²) in [5, 5.41) is 20.7. The Morgan fingerprint density at radius 2 is 2.03 bits per heavy atom. The molecule has 1 aliphatic rings. The van der Waals surface area contributed by atoms with E-state index < -0.39 is 58.4 Å². The number of nitriles is 1. The average Bonchev–Trinajstić information content (AvgIpc) is 3.11. The Morgan fingerprint density at radius 1 is 1.40 bits per heavy atom. The Bertz CT molecular complexity index is 967. The molecule has 1 aromatic carbocycles. The number of hydrogen-bond donors (Lipinski definition) is 1. The quantitative estimate of drug-likeness (QED) is 0.369. The summed E-state index contributed by atoms with van der Waals surface area (Å²) in [6.45, 7) is 5.96. The van der Waals surface area contributed by atoms with Crippen molar-refractivity contribution < 1.29 is 27.0 Å². The monoisotopic (exact) mass is 461 g/mol. The number of sulfone groups is 1. The van der Waals surface area contributed by atoms with Crippen molar-refractivity contribution in [3.05, 3.63) is 39.7 Å². The zero-order valence-corrected chi connectivity index (χ0v) is 18.7. The molecule has 0 radical (unpaired) electrons. The molecule has 1 unspecified atom stereocenters. The summed E-state index contributed by atoms with van der Waals surface area (Å²) in [6.07, 6.45) is -0.0539. The molecule has 12 heteroatoms. The van der Waals surface area contributed by atoms with Crippen LogP contribution in [-0.4, -0.2) is 46.4 Å². The molecule has 1 aliphatic heterocycles. The fourth-order valence-electron chi connectivity index (χ4n) is 3.04. The van der Waals surface area contributed by atoms with Gasteiger partial charge in [-0.05, 0) is 33.8 Å². The van der Waals surface area contributed by atoms with E-state index in [1.54, 1.807) is 26.8 Å². The second-order valence-corrected chi connectivity index (χ2v) is 12.7. The molecule has 30 heavy (non-hydrogen) atoms. The van der Waals surface area contributed by atoms with Gasteiger partial charge in [0.2, 0.25) is 0 Å². The number of hydrogen-bond acceptors (Lipinski definition) is 8. The highest BCUT2D eigenvalue weighted by Crippen LogP contribution is 2.36.